The highest BCUT2D eigenvalue weighted by atomic mass is 28.3. The van der Waals surface area contributed by atoms with E-state index in [-0.39, 0.29) is 11.8 Å². The summed E-state index contributed by atoms with van der Waals surface area (Å²) < 4.78 is 5.24. The quantitative estimate of drug-likeness (QED) is 0.502. The summed E-state index contributed by atoms with van der Waals surface area (Å²) in [6.07, 6.45) is 0.193. The Labute approximate surface area is 203 Å². The van der Waals surface area contributed by atoms with E-state index in [1.54, 1.807) is 31.4 Å². The molecule has 1 heterocycles. The second-order valence-corrected chi connectivity index (χ2v) is 15.5. The molecule has 0 radical (unpaired) electrons. The molecule has 1 aliphatic rings. The topological polar surface area (TPSA) is 90.9 Å². The van der Waals surface area contributed by atoms with Gasteiger partial charge in [-0.05, 0) is 50.1 Å². The summed E-state index contributed by atoms with van der Waals surface area (Å²) in [5.41, 5.74) is 0.464. The van der Waals surface area contributed by atoms with Gasteiger partial charge in [-0.25, -0.2) is 0 Å². The number of hydrogen-bond donors (Lipinski definition) is 3. The third kappa shape index (κ3) is 6.05. The number of rotatable bonds is 8. The Morgan fingerprint density at radius 3 is 2.21 bits per heavy atom. The normalized spacial score (nSPS) is 17.8. The number of nitrogens with one attached hydrogen (secondary N) is 2. The van der Waals surface area contributed by atoms with Crippen LogP contribution in [0.1, 0.15) is 31.9 Å². The van der Waals surface area contributed by atoms with Gasteiger partial charge < -0.3 is 20.5 Å². The third-order valence-electron chi connectivity index (χ3n) is 6.51. The molecular weight excluding hydrogens is 446 g/mol. The highest BCUT2D eigenvalue weighted by Gasteiger charge is 2.40. The molecule has 2 aromatic rings. The molecule has 1 fully saturated rings. The Hall–Kier alpha value is -2.68. The van der Waals surface area contributed by atoms with Crippen LogP contribution in [0.2, 0.25) is 19.6 Å². The summed E-state index contributed by atoms with van der Waals surface area (Å²) in [6.45, 7) is 11.5. The molecule has 34 heavy (non-hydrogen) atoms. The van der Waals surface area contributed by atoms with Gasteiger partial charge in [-0.15, -0.1) is 0 Å². The van der Waals surface area contributed by atoms with E-state index in [4.69, 9.17) is 4.74 Å². The second-order valence-electron chi connectivity index (χ2n) is 10.4. The first-order valence-electron chi connectivity index (χ1n) is 11.7. The van der Waals surface area contributed by atoms with Crippen LogP contribution in [-0.2, 0) is 9.59 Å². The third-order valence-corrected chi connectivity index (χ3v) is 8.58. The number of ether oxygens (including phenoxy) is 1. The summed E-state index contributed by atoms with van der Waals surface area (Å²) in [7, 11) is 0.137. The number of amides is 2. The van der Waals surface area contributed by atoms with Crippen LogP contribution in [0.25, 0.3) is 0 Å². The lowest BCUT2D eigenvalue weighted by Crippen LogP contribution is -2.56. The summed E-state index contributed by atoms with van der Waals surface area (Å²) in [5.74, 6) is 0.0748. The van der Waals surface area contributed by atoms with Crippen molar-refractivity contribution in [1.29, 1.82) is 0 Å². The number of nitrogens with zero attached hydrogens (tertiary/aromatic N) is 1. The van der Waals surface area contributed by atoms with Gasteiger partial charge in [0.05, 0.1) is 26.8 Å². The van der Waals surface area contributed by atoms with Gasteiger partial charge in [0.2, 0.25) is 5.91 Å². The number of anilines is 1. The Morgan fingerprint density at radius 1 is 1.09 bits per heavy atom. The van der Waals surface area contributed by atoms with Crippen molar-refractivity contribution < 1.29 is 19.4 Å². The van der Waals surface area contributed by atoms with Gasteiger partial charge in [-0.3, -0.25) is 14.5 Å². The maximum atomic E-state index is 13.4. The summed E-state index contributed by atoms with van der Waals surface area (Å²) in [5, 5.41) is 17.1. The van der Waals surface area contributed by atoms with Gasteiger partial charge in [0.15, 0.2) is 0 Å². The highest BCUT2D eigenvalue weighted by molar-refractivity contribution is 6.88. The molecule has 7 nitrogen and oxygen atoms in total. The van der Waals surface area contributed by atoms with Crippen molar-refractivity contribution in [3.05, 3.63) is 54.1 Å². The lowest BCUT2D eigenvalue weighted by molar-refractivity contribution is -0.134. The maximum absolute atomic E-state index is 13.4. The molecule has 3 rings (SSSR count). The Kier molecular flexibility index (Phi) is 7.85. The first-order valence-corrected chi connectivity index (χ1v) is 15.2. The fourth-order valence-corrected chi connectivity index (χ4v) is 5.23. The van der Waals surface area contributed by atoms with Crippen molar-refractivity contribution in [3.63, 3.8) is 0 Å². The number of hydrogen-bond acceptors (Lipinski definition) is 5. The van der Waals surface area contributed by atoms with Gasteiger partial charge in [-0.1, -0.05) is 49.1 Å². The number of β-amino-alcohol motifs (C(OH)–C–C–N with tert-alkyl or cyclic N) is 1. The Balaban J connectivity index is 1.83. The molecule has 0 spiro atoms. The lowest BCUT2D eigenvalue weighted by atomic mass is 9.99. The Morgan fingerprint density at radius 2 is 1.71 bits per heavy atom. The first-order chi connectivity index (χ1) is 15.9. The van der Waals surface area contributed by atoms with Crippen LogP contribution in [-0.4, -0.2) is 61.7 Å². The number of likely N-dealkylation sites (tertiary alicyclic amines) is 1. The largest absolute Gasteiger partial charge is 0.497 e. The van der Waals surface area contributed by atoms with Crippen LogP contribution in [0.3, 0.4) is 0 Å². The predicted octanol–water partition coefficient (Wildman–Crippen LogP) is 2.88. The monoisotopic (exact) mass is 483 g/mol. The maximum Gasteiger partial charge on any atom is 0.251 e. The molecule has 2 unspecified atom stereocenters. The van der Waals surface area contributed by atoms with E-state index in [1.807, 2.05) is 30.9 Å². The summed E-state index contributed by atoms with van der Waals surface area (Å²) >= 11 is 0. The fraction of sp³-hybridized carbons (Fsp3) is 0.462. The summed E-state index contributed by atoms with van der Waals surface area (Å²) in [6, 6.07) is 14.2. The van der Waals surface area contributed by atoms with E-state index < -0.39 is 25.8 Å². The number of carbonyl (C=O) groups is 2. The molecule has 0 aliphatic carbocycles. The molecule has 8 heteroatoms. The predicted molar refractivity (Wildman–Crippen MR) is 138 cm³/mol. The SMILES string of the molecule is COc1ccc(C(NC(=O)C(C)(C)N2CCC(O)C2)C(=O)Nc2ccc([Si](C)(C)C)cc2)cc1. The minimum atomic E-state index is -1.44. The smallest absolute Gasteiger partial charge is 0.251 e. The molecule has 3 N–H and O–H groups in total. The molecule has 0 bridgehead atoms. The van der Waals surface area contributed by atoms with Crippen LogP contribution in [0, 0.1) is 0 Å². The number of benzene rings is 2. The van der Waals surface area contributed by atoms with E-state index in [2.05, 4.69) is 42.4 Å². The minimum absolute atomic E-state index is 0.272. The highest BCUT2D eigenvalue weighted by Crippen LogP contribution is 2.25. The zero-order valence-corrected chi connectivity index (χ0v) is 22.0. The second kappa shape index (κ2) is 10.3. The molecule has 1 saturated heterocycles. The van der Waals surface area contributed by atoms with Crippen LogP contribution >= 0.6 is 0 Å². The molecule has 0 aromatic heterocycles. The number of carbonyl (C=O) groups excluding carboxylic acids is 2. The minimum Gasteiger partial charge on any atom is -0.497 e. The van der Waals surface area contributed by atoms with Crippen molar-refractivity contribution in [3.8, 4) is 5.75 Å². The average Bonchev–Trinajstić information content (AvgIpc) is 3.24. The molecule has 2 aromatic carbocycles. The standard InChI is InChI=1S/C26H37N3O4Si/c1-26(2,29-16-15-20(30)17-29)25(32)28-23(18-7-11-21(33-3)12-8-18)24(31)27-19-9-13-22(14-10-19)34(4,5)6/h7-14,20,23,30H,15-17H2,1-6H3,(H,27,31)(H,28,32). The fourth-order valence-electron chi connectivity index (χ4n) is 4.07. The first kappa shape index (κ1) is 25.9. The van der Waals surface area contributed by atoms with Crippen molar-refractivity contribution in [1.82, 2.24) is 10.2 Å². The zero-order valence-electron chi connectivity index (χ0n) is 21.0. The van der Waals surface area contributed by atoms with Gasteiger partial charge >= 0.3 is 0 Å². The molecule has 2 amide bonds. The van der Waals surface area contributed by atoms with E-state index in [0.717, 1.165) is 0 Å². The molecule has 184 valence electrons. The molecule has 2 atom stereocenters. The number of aliphatic hydroxyl groups excluding tert-OH is 1. The van der Waals surface area contributed by atoms with E-state index in [9.17, 15) is 14.7 Å². The van der Waals surface area contributed by atoms with Crippen LogP contribution in [0.15, 0.2) is 48.5 Å². The molecular formula is C26H37N3O4Si. The van der Waals surface area contributed by atoms with Gasteiger partial charge in [0, 0.05) is 18.8 Å². The van der Waals surface area contributed by atoms with Crippen molar-refractivity contribution in [2.24, 2.45) is 0 Å². The lowest BCUT2D eigenvalue weighted by Gasteiger charge is -2.35. The molecule has 0 saturated carbocycles. The summed E-state index contributed by atoms with van der Waals surface area (Å²) in [4.78, 5) is 28.7. The van der Waals surface area contributed by atoms with E-state index in [0.29, 0.717) is 36.5 Å². The van der Waals surface area contributed by atoms with Crippen molar-refractivity contribution in [2.75, 3.05) is 25.5 Å². The average molecular weight is 484 g/mol. The van der Waals surface area contributed by atoms with Crippen LogP contribution in [0.5, 0.6) is 5.75 Å². The Bertz CT molecular complexity index is 1000. The van der Waals surface area contributed by atoms with Gasteiger partial charge in [0.1, 0.15) is 11.8 Å². The number of methoxy groups -OCH3 is 1. The van der Waals surface area contributed by atoms with E-state index in [1.165, 1.54) is 5.19 Å². The van der Waals surface area contributed by atoms with Gasteiger partial charge in [0.25, 0.3) is 5.91 Å². The number of aliphatic hydroxyl groups is 1. The van der Waals surface area contributed by atoms with Gasteiger partial charge in [-0.2, -0.15) is 0 Å². The van der Waals surface area contributed by atoms with E-state index >= 15 is 0 Å². The van der Waals surface area contributed by atoms with Crippen molar-refractivity contribution >= 4 is 30.8 Å². The van der Waals surface area contributed by atoms with Crippen LogP contribution in [0.4, 0.5) is 5.69 Å². The zero-order chi connectivity index (χ0) is 25.1. The molecule has 1 aliphatic heterocycles. The van der Waals surface area contributed by atoms with Crippen molar-refractivity contribution in [2.45, 2.75) is 57.6 Å². The van der Waals surface area contributed by atoms with Crippen LogP contribution < -0.4 is 20.6 Å².